The number of nitrogens with one attached hydrogen (secondary N) is 3. The van der Waals surface area contributed by atoms with Gasteiger partial charge in [-0.1, -0.05) is 6.92 Å². The Morgan fingerprint density at radius 1 is 1.65 bits per heavy atom. The van der Waals surface area contributed by atoms with Gasteiger partial charge in [0, 0.05) is 19.5 Å². The van der Waals surface area contributed by atoms with Gasteiger partial charge in [-0.15, -0.1) is 0 Å². The van der Waals surface area contributed by atoms with Crippen molar-refractivity contribution in [3.8, 4) is 0 Å². The van der Waals surface area contributed by atoms with Gasteiger partial charge in [0.05, 0.1) is 23.8 Å². The number of carbonyl (C=O) groups is 1. The van der Waals surface area contributed by atoms with Crippen LogP contribution in [-0.2, 0) is 17.8 Å². The largest absolute Gasteiger partial charge is 0.354 e. The van der Waals surface area contributed by atoms with Gasteiger partial charge in [-0.2, -0.15) is 0 Å². The molecule has 0 saturated heterocycles. The Bertz CT molecular complexity index is 435. The van der Waals surface area contributed by atoms with Crippen LogP contribution in [0.15, 0.2) is 6.33 Å². The minimum absolute atomic E-state index is 0.103. The average Bonchev–Trinajstić information content (AvgIpc) is 2.90. The van der Waals surface area contributed by atoms with Crippen LogP contribution < -0.4 is 10.6 Å². The van der Waals surface area contributed by atoms with Crippen LogP contribution in [-0.4, -0.2) is 28.5 Å². The van der Waals surface area contributed by atoms with Crippen molar-refractivity contribution >= 4 is 5.91 Å². The molecule has 1 saturated carbocycles. The number of aromatic amines is 1. The van der Waals surface area contributed by atoms with Gasteiger partial charge < -0.3 is 10.3 Å². The van der Waals surface area contributed by atoms with Gasteiger partial charge in [-0.05, 0) is 18.3 Å². The van der Waals surface area contributed by atoms with E-state index in [1.807, 2.05) is 0 Å². The zero-order valence-corrected chi connectivity index (χ0v) is 10.0. The van der Waals surface area contributed by atoms with Gasteiger partial charge in [0.1, 0.15) is 0 Å². The van der Waals surface area contributed by atoms with Crippen LogP contribution in [0.1, 0.15) is 31.2 Å². The van der Waals surface area contributed by atoms with Crippen molar-refractivity contribution in [3.63, 3.8) is 0 Å². The van der Waals surface area contributed by atoms with Crippen molar-refractivity contribution in [1.82, 2.24) is 20.6 Å². The molecule has 1 amide bonds. The number of hydrogen-bond donors (Lipinski definition) is 3. The van der Waals surface area contributed by atoms with E-state index in [0.29, 0.717) is 18.4 Å². The molecule has 1 fully saturated rings. The van der Waals surface area contributed by atoms with Crippen molar-refractivity contribution in [2.45, 2.75) is 38.8 Å². The Kier molecular flexibility index (Phi) is 2.43. The third-order valence-electron chi connectivity index (χ3n) is 3.84. The topological polar surface area (TPSA) is 69.8 Å². The van der Waals surface area contributed by atoms with Crippen molar-refractivity contribution in [3.05, 3.63) is 17.7 Å². The zero-order chi connectivity index (χ0) is 11.9. The number of rotatable bonds is 3. The van der Waals surface area contributed by atoms with Crippen LogP contribution in [0, 0.1) is 5.41 Å². The zero-order valence-electron chi connectivity index (χ0n) is 10.0. The fourth-order valence-corrected chi connectivity index (χ4v) is 2.17. The summed E-state index contributed by atoms with van der Waals surface area (Å²) in [6, 6.07) is -0.131. The molecular formula is C12H18N4O. The predicted molar refractivity (Wildman–Crippen MR) is 63.3 cm³/mol. The molecule has 17 heavy (non-hydrogen) atoms. The second kappa shape index (κ2) is 3.84. The lowest BCUT2D eigenvalue weighted by Crippen LogP contribution is -2.48. The number of amides is 1. The Hall–Kier alpha value is -1.36. The molecule has 3 rings (SSSR count). The molecule has 1 aliphatic heterocycles. The van der Waals surface area contributed by atoms with Crippen LogP contribution in [0.5, 0.6) is 0 Å². The van der Waals surface area contributed by atoms with Gasteiger partial charge in [0.15, 0.2) is 0 Å². The van der Waals surface area contributed by atoms with E-state index in [4.69, 9.17) is 0 Å². The summed E-state index contributed by atoms with van der Waals surface area (Å²) in [5.41, 5.74) is 2.48. The number of fused-ring (bicyclic) bond motifs is 1. The molecule has 2 heterocycles. The molecule has 0 bridgehead atoms. The summed E-state index contributed by atoms with van der Waals surface area (Å²) in [5.74, 6) is 0.103. The molecule has 92 valence electrons. The van der Waals surface area contributed by atoms with Crippen molar-refractivity contribution < 1.29 is 4.79 Å². The molecule has 0 spiro atoms. The fourth-order valence-electron chi connectivity index (χ4n) is 2.17. The van der Waals surface area contributed by atoms with Gasteiger partial charge in [-0.3, -0.25) is 10.1 Å². The third kappa shape index (κ3) is 2.20. The van der Waals surface area contributed by atoms with E-state index in [-0.39, 0.29) is 11.9 Å². The number of nitrogens with zero attached hydrogens (tertiary/aromatic N) is 1. The highest BCUT2D eigenvalue weighted by molar-refractivity contribution is 5.82. The quantitative estimate of drug-likeness (QED) is 0.706. The summed E-state index contributed by atoms with van der Waals surface area (Å²) < 4.78 is 0. The van der Waals surface area contributed by atoms with E-state index < -0.39 is 0 Å². The van der Waals surface area contributed by atoms with Gasteiger partial charge >= 0.3 is 0 Å². The maximum atomic E-state index is 12.0. The van der Waals surface area contributed by atoms with Crippen molar-refractivity contribution in [2.24, 2.45) is 5.41 Å². The number of imidazole rings is 1. The fraction of sp³-hybridized carbons (Fsp3) is 0.667. The van der Waals surface area contributed by atoms with Gasteiger partial charge in [-0.25, -0.2) is 4.98 Å². The Balaban J connectivity index is 1.57. The molecular weight excluding hydrogens is 216 g/mol. The summed E-state index contributed by atoms with van der Waals surface area (Å²) in [5, 5.41) is 6.27. The van der Waals surface area contributed by atoms with E-state index >= 15 is 0 Å². The predicted octanol–water partition coefficient (Wildman–Crippen LogP) is 0.340. The van der Waals surface area contributed by atoms with E-state index in [0.717, 1.165) is 17.9 Å². The number of aromatic nitrogens is 2. The Morgan fingerprint density at radius 2 is 2.47 bits per heavy atom. The Labute approximate surface area is 100 Å². The molecule has 5 nitrogen and oxygen atoms in total. The molecule has 1 aromatic rings. The average molecular weight is 234 g/mol. The van der Waals surface area contributed by atoms with Crippen LogP contribution in [0.4, 0.5) is 0 Å². The number of H-pyrrole nitrogens is 1. The molecule has 1 atom stereocenters. The van der Waals surface area contributed by atoms with Gasteiger partial charge in [0.2, 0.25) is 5.91 Å². The molecule has 1 aliphatic carbocycles. The first-order valence-electron chi connectivity index (χ1n) is 6.19. The normalized spacial score (nSPS) is 25.1. The molecule has 1 unspecified atom stereocenters. The minimum Gasteiger partial charge on any atom is -0.354 e. The molecule has 1 aromatic heterocycles. The van der Waals surface area contributed by atoms with E-state index in [2.05, 4.69) is 27.5 Å². The Morgan fingerprint density at radius 3 is 3.24 bits per heavy atom. The smallest absolute Gasteiger partial charge is 0.237 e. The van der Waals surface area contributed by atoms with E-state index in [9.17, 15) is 4.79 Å². The first-order valence-corrected chi connectivity index (χ1v) is 6.19. The minimum atomic E-state index is -0.131. The maximum Gasteiger partial charge on any atom is 0.237 e. The molecule has 2 aliphatic rings. The summed E-state index contributed by atoms with van der Waals surface area (Å²) in [6.45, 7) is 3.72. The van der Waals surface area contributed by atoms with Crippen molar-refractivity contribution in [2.75, 3.05) is 6.54 Å². The first-order chi connectivity index (χ1) is 8.16. The third-order valence-corrected chi connectivity index (χ3v) is 3.84. The summed E-state index contributed by atoms with van der Waals surface area (Å²) in [7, 11) is 0. The highest BCUT2D eigenvalue weighted by Crippen LogP contribution is 2.44. The van der Waals surface area contributed by atoms with Gasteiger partial charge in [0.25, 0.3) is 0 Å². The molecule has 5 heteroatoms. The summed E-state index contributed by atoms with van der Waals surface area (Å²) in [4.78, 5) is 19.3. The van der Waals surface area contributed by atoms with Crippen LogP contribution >= 0.6 is 0 Å². The lowest BCUT2D eigenvalue weighted by molar-refractivity contribution is -0.123. The summed E-state index contributed by atoms with van der Waals surface area (Å²) in [6.07, 6.45) is 4.84. The maximum absolute atomic E-state index is 12.0. The van der Waals surface area contributed by atoms with E-state index in [1.54, 1.807) is 6.33 Å². The number of hydrogen-bond acceptors (Lipinski definition) is 3. The monoisotopic (exact) mass is 234 g/mol. The second-order valence-electron chi connectivity index (χ2n) is 5.49. The van der Waals surface area contributed by atoms with Crippen LogP contribution in [0.3, 0.4) is 0 Å². The lowest BCUT2D eigenvalue weighted by Gasteiger charge is -2.23. The molecule has 0 radical (unpaired) electrons. The van der Waals surface area contributed by atoms with E-state index in [1.165, 1.54) is 12.8 Å². The highest BCUT2D eigenvalue weighted by Gasteiger charge is 2.38. The first kappa shape index (κ1) is 10.8. The van der Waals surface area contributed by atoms with Crippen molar-refractivity contribution in [1.29, 1.82) is 0 Å². The summed E-state index contributed by atoms with van der Waals surface area (Å²) >= 11 is 0. The van der Waals surface area contributed by atoms with Crippen LogP contribution in [0.2, 0.25) is 0 Å². The second-order valence-corrected chi connectivity index (χ2v) is 5.49. The highest BCUT2D eigenvalue weighted by atomic mass is 16.2. The lowest BCUT2D eigenvalue weighted by atomic mass is 10.0. The molecule has 0 aromatic carbocycles. The van der Waals surface area contributed by atoms with Crippen LogP contribution in [0.25, 0.3) is 0 Å². The SMILES string of the molecule is CC1(CNC(=O)C2Cc3nc[nH]c3CN2)CC1. The molecule has 3 N–H and O–H groups in total. The number of carbonyl (C=O) groups excluding carboxylic acids is 1. The standard InChI is InChI=1S/C12H18N4O/c1-12(2-3-12)6-14-11(17)9-4-8-10(5-13-9)16-7-15-8/h7,9,13H,2-6H2,1H3,(H,14,17)(H,15,16).